The third-order valence-electron chi connectivity index (χ3n) is 2.34. The highest BCUT2D eigenvalue weighted by Crippen LogP contribution is 2.13. The minimum Gasteiger partial charge on any atom is -0.474 e. The van der Waals surface area contributed by atoms with E-state index >= 15 is 0 Å². The van der Waals surface area contributed by atoms with Crippen LogP contribution in [-0.4, -0.2) is 22.1 Å². The third-order valence-corrected chi connectivity index (χ3v) is 2.34. The molecule has 0 bridgehead atoms. The maximum atomic E-state index is 8.53. The Balaban J connectivity index is 2.83. The molecule has 0 aromatic carbocycles. The number of ether oxygens (including phenoxy) is 1. The number of nitrogens with zero attached hydrogens (tertiary/aromatic N) is 2. The highest BCUT2D eigenvalue weighted by atomic mass is 16.5. The van der Waals surface area contributed by atoms with Gasteiger partial charge in [0.15, 0.2) is 5.84 Å². The van der Waals surface area contributed by atoms with Crippen molar-refractivity contribution in [3.05, 3.63) is 23.9 Å². The van der Waals surface area contributed by atoms with E-state index < -0.39 is 0 Å². The van der Waals surface area contributed by atoms with Gasteiger partial charge < -0.3 is 15.7 Å². The average molecular weight is 223 g/mol. The summed E-state index contributed by atoms with van der Waals surface area (Å²) >= 11 is 0. The molecule has 0 saturated carbocycles. The molecule has 1 aromatic heterocycles. The van der Waals surface area contributed by atoms with Crippen LogP contribution in [0.3, 0.4) is 0 Å². The van der Waals surface area contributed by atoms with Crippen LogP contribution < -0.4 is 10.5 Å². The largest absolute Gasteiger partial charge is 0.474 e. The number of pyridine rings is 1. The number of hydrogen-bond donors (Lipinski definition) is 2. The molecule has 1 heterocycles. The van der Waals surface area contributed by atoms with Gasteiger partial charge in [-0.15, -0.1) is 0 Å². The van der Waals surface area contributed by atoms with Crippen molar-refractivity contribution in [2.45, 2.75) is 26.9 Å². The molecule has 0 radical (unpaired) electrons. The number of aromatic nitrogens is 1. The van der Waals surface area contributed by atoms with Crippen LogP contribution in [0.1, 0.15) is 26.5 Å². The Kier molecular flexibility index (Phi) is 4.10. The summed E-state index contributed by atoms with van der Waals surface area (Å²) in [5.74, 6) is 0.849. The van der Waals surface area contributed by atoms with Crippen molar-refractivity contribution >= 4 is 5.84 Å². The lowest BCUT2D eigenvalue weighted by atomic mass is 10.1. The second-order valence-electron chi connectivity index (χ2n) is 3.91. The summed E-state index contributed by atoms with van der Waals surface area (Å²) in [5, 5.41) is 11.4. The van der Waals surface area contributed by atoms with Crippen LogP contribution in [0.25, 0.3) is 0 Å². The van der Waals surface area contributed by atoms with Gasteiger partial charge in [-0.05, 0) is 18.9 Å². The monoisotopic (exact) mass is 223 g/mol. The van der Waals surface area contributed by atoms with Crippen molar-refractivity contribution in [3.63, 3.8) is 0 Å². The molecule has 5 heteroatoms. The molecule has 0 saturated heterocycles. The van der Waals surface area contributed by atoms with Gasteiger partial charge in [0.05, 0.1) is 6.10 Å². The lowest BCUT2D eigenvalue weighted by Gasteiger charge is -2.17. The number of oxime groups is 1. The van der Waals surface area contributed by atoms with Gasteiger partial charge in [-0.25, -0.2) is 4.98 Å². The molecule has 0 fully saturated rings. The van der Waals surface area contributed by atoms with Crippen LogP contribution in [0.5, 0.6) is 5.88 Å². The molecule has 0 aliphatic heterocycles. The molecular weight excluding hydrogens is 206 g/mol. The van der Waals surface area contributed by atoms with Gasteiger partial charge in [0, 0.05) is 6.07 Å². The van der Waals surface area contributed by atoms with Crippen LogP contribution in [0.15, 0.2) is 23.4 Å². The molecule has 88 valence electrons. The zero-order valence-electron chi connectivity index (χ0n) is 9.71. The Hall–Kier alpha value is -1.78. The third kappa shape index (κ3) is 3.12. The highest BCUT2D eigenvalue weighted by Gasteiger charge is 2.10. The Labute approximate surface area is 94.9 Å². The van der Waals surface area contributed by atoms with Gasteiger partial charge in [0.1, 0.15) is 5.69 Å². The van der Waals surface area contributed by atoms with Crippen molar-refractivity contribution in [2.75, 3.05) is 0 Å². The number of amidine groups is 1. The van der Waals surface area contributed by atoms with E-state index in [-0.39, 0.29) is 11.9 Å². The van der Waals surface area contributed by atoms with Crippen LogP contribution in [0.4, 0.5) is 0 Å². The Morgan fingerprint density at radius 1 is 1.44 bits per heavy atom. The summed E-state index contributed by atoms with van der Waals surface area (Å²) in [5.41, 5.74) is 5.83. The minimum atomic E-state index is -0.0253. The zero-order valence-corrected chi connectivity index (χ0v) is 9.71. The summed E-state index contributed by atoms with van der Waals surface area (Å²) in [6, 6.07) is 5.15. The van der Waals surface area contributed by atoms with Crippen LogP contribution in [0, 0.1) is 5.92 Å². The average Bonchev–Trinajstić information content (AvgIpc) is 2.28. The first-order valence-corrected chi connectivity index (χ1v) is 5.16. The first-order valence-electron chi connectivity index (χ1n) is 5.16. The molecule has 0 amide bonds. The normalized spacial score (nSPS) is 13.9. The van der Waals surface area contributed by atoms with Gasteiger partial charge in [-0.1, -0.05) is 25.1 Å². The first kappa shape index (κ1) is 12.3. The molecule has 5 nitrogen and oxygen atoms in total. The topological polar surface area (TPSA) is 80.7 Å². The lowest BCUT2D eigenvalue weighted by molar-refractivity contribution is 0.163. The first-order chi connectivity index (χ1) is 7.54. The SMILES string of the molecule is CC(C)C(C)Oc1cccc(C(N)=NO)n1. The number of nitrogens with two attached hydrogens (primary N) is 1. The molecule has 0 aliphatic carbocycles. The Bertz CT molecular complexity index is 377. The van der Waals surface area contributed by atoms with Gasteiger partial charge in [-0.2, -0.15) is 0 Å². The van der Waals surface area contributed by atoms with Crippen molar-refractivity contribution < 1.29 is 9.94 Å². The Morgan fingerprint density at radius 2 is 2.12 bits per heavy atom. The van der Waals surface area contributed by atoms with Gasteiger partial charge >= 0.3 is 0 Å². The molecule has 0 aliphatic rings. The molecule has 1 aromatic rings. The highest BCUT2D eigenvalue weighted by molar-refractivity contribution is 5.95. The summed E-state index contributed by atoms with van der Waals surface area (Å²) in [7, 11) is 0. The van der Waals surface area contributed by atoms with Gasteiger partial charge in [-0.3, -0.25) is 0 Å². The molecular formula is C11H17N3O2. The summed E-state index contributed by atoms with van der Waals surface area (Å²) < 4.78 is 5.61. The van der Waals surface area contributed by atoms with E-state index in [1.54, 1.807) is 18.2 Å². The van der Waals surface area contributed by atoms with Crippen molar-refractivity contribution in [1.29, 1.82) is 0 Å². The van der Waals surface area contributed by atoms with Crippen LogP contribution in [0.2, 0.25) is 0 Å². The fourth-order valence-corrected chi connectivity index (χ4v) is 1.00. The van der Waals surface area contributed by atoms with E-state index in [0.29, 0.717) is 17.5 Å². The van der Waals surface area contributed by atoms with Gasteiger partial charge in [0.2, 0.25) is 5.88 Å². The second kappa shape index (κ2) is 5.34. The number of rotatable bonds is 4. The summed E-state index contributed by atoms with van der Waals surface area (Å²) in [6.07, 6.45) is 0.0649. The molecule has 0 spiro atoms. The fraction of sp³-hybridized carbons (Fsp3) is 0.455. The molecule has 16 heavy (non-hydrogen) atoms. The van der Waals surface area contributed by atoms with E-state index in [2.05, 4.69) is 24.0 Å². The summed E-state index contributed by atoms with van der Waals surface area (Å²) in [4.78, 5) is 4.13. The maximum absolute atomic E-state index is 8.53. The summed E-state index contributed by atoms with van der Waals surface area (Å²) in [6.45, 7) is 6.11. The van der Waals surface area contributed by atoms with E-state index in [1.807, 2.05) is 6.92 Å². The lowest BCUT2D eigenvalue weighted by Crippen LogP contribution is -2.20. The quantitative estimate of drug-likeness (QED) is 0.351. The van der Waals surface area contributed by atoms with E-state index in [0.717, 1.165) is 0 Å². The predicted molar refractivity (Wildman–Crippen MR) is 61.7 cm³/mol. The molecule has 1 unspecified atom stereocenters. The second-order valence-corrected chi connectivity index (χ2v) is 3.91. The standard InChI is InChI=1S/C11H17N3O2/c1-7(2)8(3)16-10-6-4-5-9(13-10)11(12)14-15/h4-8,15H,1-3H3,(H2,12,14). The number of hydrogen-bond acceptors (Lipinski definition) is 4. The van der Waals surface area contributed by atoms with Crippen molar-refractivity contribution in [1.82, 2.24) is 4.98 Å². The van der Waals surface area contributed by atoms with Gasteiger partial charge in [0.25, 0.3) is 0 Å². The molecule has 3 N–H and O–H groups in total. The molecule has 1 atom stereocenters. The Morgan fingerprint density at radius 3 is 2.69 bits per heavy atom. The minimum absolute atomic E-state index is 0.0253. The van der Waals surface area contributed by atoms with Crippen LogP contribution in [-0.2, 0) is 0 Å². The van der Waals surface area contributed by atoms with E-state index in [9.17, 15) is 0 Å². The van der Waals surface area contributed by atoms with Crippen molar-refractivity contribution in [3.8, 4) is 5.88 Å². The maximum Gasteiger partial charge on any atom is 0.214 e. The fourth-order valence-electron chi connectivity index (χ4n) is 1.00. The molecule has 1 rings (SSSR count). The predicted octanol–water partition coefficient (Wildman–Crippen LogP) is 1.60. The van der Waals surface area contributed by atoms with E-state index in [4.69, 9.17) is 15.7 Å². The van der Waals surface area contributed by atoms with Crippen molar-refractivity contribution in [2.24, 2.45) is 16.8 Å². The zero-order chi connectivity index (χ0) is 12.1. The van der Waals surface area contributed by atoms with E-state index in [1.165, 1.54) is 0 Å². The smallest absolute Gasteiger partial charge is 0.214 e. The van der Waals surface area contributed by atoms with Crippen LogP contribution >= 0.6 is 0 Å².